The highest BCUT2D eigenvalue weighted by atomic mass is 15.1. The first-order chi connectivity index (χ1) is 26.8. The summed E-state index contributed by atoms with van der Waals surface area (Å²) in [7, 11) is 0. The summed E-state index contributed by atoms with van der Waals surface area (Å²) < 4.78 is 2.39. The van der Waals surface area contributed by atoms with Crippen LogP contribution < -0.4 is 4.90 Å². The minimum absolute atomic E-state index is 1.10. The minimum Gasteiger partial charge on any atom is -0.310 e. The summed E-state index contributed by atoms with van der Waals surface area (Å²) >= 11 is 0. The first-order valence-corrected chi connectivity index (χ1v) is 18.8. The Morgan fingerprint density at radius 3 is 1.91 bits per heavy atom. The van der Waals surface area contributed by atoms with Crippen molar-refractivity contribution >= 4 is 44.9 Å². The maximum Gasteiger partial charge on any atom is 0.0547 e. The zero-order valence-corrected chi connectivity index (χ0v) is 29.9. The molecule has 1 aromatic heterocycles. The van der Waals surface area contributed by atoms with Crippen molar-refractivity contribution in [3.63, 3.8) is 0 Å². The number of aryl methyl sites for hydroxylation is 1. The Morgan fingerprint density at radius 2 is 1.06 bits per heavy atom. The van der Waals surface area contributed by atoms with E-state index >= 15 is 0 Å². The lowest BCUT2D eigenvalue weighted by atomic mass is 9.93. The van der Waals surface area contributed by atoms with Gasteiger partial charge >= 0.3 is 0 Å². The Kier molecular flexibility index (Phi) is 8.00. The average Bonchev–Trinajstić information content (AvgIpc) is 3.59. The summed E-state index contributed by atoms with van der Waals surface area (Å²) in [5.74, 6) is 0. The highest BCUT2D eigenvalue weighted by Crippen LogP contribution is 2.41. The molecular formula is C52H38N2. The second-order valence-corrected chi connectivity index (χ2v) is 14.1. The molecule has 0 spiro atoms. The normalized spacial score (nSPS) is 12.2. The van der Waals surface area contributed by atoms with Crippen LogP contribution in [-0.4, -0.2) is 4.57 Å². The van der Waals surface area contributed by atoms with E-state index in [1.165, 1.54) is 72.0 Å². The average molecular weight is 691 g/mol. The molecule has 2 nitrogen and oxygen atoms in total. The molecule has 1 heterocycles. The molecule has 9 aromatic rings. The van der Waals surface area contributed by atoms with Crippen molar-refractivity contribution in [1.82, 2.24) is 4.57 Å². The van der Waals surface area contributed by atoms with E-state index in [4.69, 9.17) is 0 Å². The van der Waals surface area contributed by atoms with Crippen LogP contribution in [0.15, 0.2) is 200 Å². The first kappa shape index (κ1) is 31.8. The number of fused-ring (bicyclic) bond motifs is 4. The zero-order chi connectivity index (χ0) is 35.8. The van der Waals surface area contributed by atoms with Crippen LogP contribution in [0.4, 0.5) is 17.1 Å². The molecular weight excluding hydrogens is 653 g/mol. The van der Waals surface area contributed by atoms with Gasteiger partial charge in [0.1, 0.15) is 0 Å². The smallest absolute Gasteiger partial charge is 0.0547 e. The quantitative estimate of drug-likeness (QED) is 0.162. The van der Waals surface area contributed by atoms with Gasteiger partial charge in [0.15, 0.2) is 0 Å². The largest absolute Gasteiger partial charge is 0.310 e. The third-order valence-electron chi connectivity index (χ3n) is 10.8. The fourth-order valence-electron chi connectivity index (χ4n) is 8.25. The summed E-state index contributed by atoms with van der Waals surface area (Å²) in [6, 6.07) is 70.6. The maximum atomic E-state index is 2.39. The molecule has 0 radical (unpaired) electrons. The van der Waals surface area contributed by atoms with Crippen LogP contribution in [0.3, 0.4) is 0 Å². The summed E-state index contributed by atoms with van der Waals surface area (Å²) in [5.41, 5.74) is 17.0. The molecule has 0 amide bonds. The summed E-state index contributed by atoms with van der Waals surface area (Å²) in [6.45, 7) is 0. The lowest BCUT2D eigenvalue weighted by molar-refractivity contribution is 0.986. The molecule has 2 heteroatoms. The Hall–Kier alpha value is -6.90. The lowest BCUT2D eigenvalue weighted by Crippen LogP contribution is -2.09. The van der Waals surface area contributed by atoms with Crippen molar-refractivity contribution in [3.05, 3.63) is 211 Å². The Balaban J connectivity index is 1.04. The number of allylic oxidation sites excluding steroid dienone is 1. The van der Waals surface area contributed by atoms with Gasteiger partial charge in [-0.1, -0.05) is 140 Å². The molecule has 1 aliphatic carbocycles. The molecule has 0 unspecified atom stereocenters. The van der Waals surface area contributed by atoms with Gasteiger partial charge in [0.05, 0.1) is 11.0 Å². The Morgan fingerprint density at radius 1 is 0.426 bits per heavy atom. The van der Waals surface area contributed by atoms with Crippen LogP contribution in [0.5, 0.6) is 0 Å². The van der Waals surface area contributed by atoms with Crippen molar-refractivity contribution in [2.45, 2.75) is 12.8 Å². The third-order valence-corrected chi connectivity index (χ3v) is 10.8. The predicted octanol–water partition coefficient (Wildman–Crippen LogP) is 14.2. The number of hydrogen-bond donors (Lipinski definition) is 0. The monoisotopic (exact) mass is 690 g/mol. The molecule has 10 rings (SSSR count). The van der Waals surface area contributed by atoms with Crippen LogP contribution in [0, 0.1) is 0 Å². The SMILES string of the molecule is C1=Cc2ccc(-c3ccc(N(c4ccccc4)c4cccc(-c5cccc(-c6cccc7c6c6ccccc6n7-c6ccccc6)c5)c4)cc3)cc2CC1. The third kappa shape index (κ3) is 5.70. The van der Waals surface area contributed by atoms with Crippen molar-refractivity contribution in [3.8, 4) is 39.1 Å². The lowest BCUT2D eigenvalue weighted by Gasteiger charge is -2.26. The van der Waals surface area contributed by atoms with Gasteiger partial charge < -0.3 is 9.47 Å². The molecule has 0 bridgehead atoms. The molecule has 0 N–H and O–H groups in total. The van der Waals surface area contributed by atoms with Crippen LogP contribution in [-0.2, 0) is 6.42 Å². The van der Waals surface area contributed by atoms with Crippen LogP contribution in [0.2, 0.25) is 0 Å². The van der Waals surface area contributed by atoms with E-state index in [0.717, 1.165) is 29.9 Å². The van der Waals surface area contributed by atoms with E-state index in [1.54, 1.807) is 0 Å². The van der Waals surface area contributed by atoms with E-state index < -0.39 is 0 Å². The van der Waals surface area contributed by atoms with E-state index in [1.807, 2.05) is 0 Å². The standard InChI is InChI=1S/C52H38N2/c1-3-19-44(20-4-1)53(46-32-30-38(31-33-46)42-29-28-37-14-7-8-15-39(37)34-42)47-23-12-17-41(36-47)40-16-11-18-43(35-40)48-25-13-27-51-52(48)49-24-9-10-26-50(49)54(51)45-21-5-2-6-22-45/h1-7,9-14,16-36H,8,15H2. The molecule has 0 fully saturated rings. The summed E-state index contributed by atoms with van der Waals surface area (Å²) in [5, 5.41) is 2.53. The molecule has 54 heavy (non-hydrogen) atoms. The minimum atomic E-state index is 1.10. The van der Waals surface area contributed by atoms with Crippen molar-refractivity contribution in [1.29, 1.82) is 0 Å². The highest BCUT2D eigenvalue weighted by Gasteiger charge is 2.17. The number of rotatable bonds is 7. The number of aromatic nitrogens is 1. The van der Waals surface area contributed by atoms with Gasteiger partial charge in [-0.15, -0.1) is 0 Å². The highest BCUT2D eigenvalue weighted by molar-refractivity contribution is 6.15. The van der Waals surface area contributed by atoms with Crippen LogP contribution in [0.25, 0.3) is 66.9 Å². The predicted molar refractivity (Wildman–Crippen MR) is 229 cm³/mol. The second-order valence-electron chi connectivity index (χ2n) is 14.1. The number of anilines is 3. The first-order valence-electron chi connectivity index (χ1n) is 18.8. The fourth-order valence-corrected chi connectivity index (χ4v) is 8.25. The van der Waals surface area contributed by atoms with Gasteiger partial charge in [-0.05, 0) is 124 Å². The van der Waals surface area contributed by atoms with E-state index in [2.05, 4.69) is 216 Å². The maximum absolute atomic E-state index is 2.39. The van der Waals surface area contributed by atoms with Gasteiger partial charge in [0.2, 0.25) is 0 Å². The van der Waals surface area contributed by atoms with Crippen molar-refractivity contribution < 1.29 is 0 Å². The van der Waals surface area contributed by atoms with Gasteiger partial charge in [0.25, 0.3) is 0 Å². The molecule has 8 aromatic carbocycles. The molecule has 0 saturated heterocycles. The van der Waals surface area contributed by atoms with Gasteiger partial charge in [-0.2, -0.15) is 0 Å². The molecule has 0 saturated carbocycles. The Bertz CT molecular complexity index is 2810. The van der Waals surface area contributed by atoms with Crippen LogP contribution >= 0.6 is 0 Å². The molecule has 256 valence electrons. The van der Waals surface area contributed by atoms with Gasteiger partial charge in [0, 0.05) is 33.5 Å². The number of benzene rings is 8. The number of nitrogens with zero attached hydrogens (tertiary/aromatic N) is 2. The molecule has 0 aliphatic heterocycles. The molecule has 0 atom stereocenters. The summed E-state index contributed by atoms with van der Waals surface area (Å²) in [4.78, 5) is 2.36. The van der Waals surface area contributed by atoms with Gasteiger partial charge in [-0.25, -0.2) is 0 Å². The number of para-hydroxylation sites is 3. The second kappa shape index (κ2) is 13.6. The van der Waals surface area contributed by atoms with E-state index in [9.17, 15) is 0 Å². The van der Waals surface area contributed by atoms with Crippen molar-refractivity contribution in [2.75, 3.05) is 4.90 Å². The number of hydrogen-bond acceptors (Lipinski definition) is 1. The fraction of sp³-hybridized carbons (Fsp3) is 0.0385. The topological polar surface area (TPSA) is 8.17 Å². The molecule has 1 aliphatic rings. The Labute approximate surface area is 316 Å². The van der Waals surface area contributed by atoms with Crippen LogP contribution in [0.1, 0.15) is 17.5 Å². The van der Waals surface area contributed by atoms with E-state index in [0.29, 0.717) is 0 Å². The van der Waals surface area contributed by atoms with Crippen molar-refractivity contribution in [2.24, 2.45) is 0 Å². The van der Waals surface area contributed by atoms with E-state index in [-0.39, 0.29) is 0 Å². The zero-order valence-electron chi connectivity index (χ0n) is 29.9. The summed E-state index contributed by atoms with van der Waals surface area (Å²) in [6.07, 6.45) is 6.74. The van der Waals surface area contributed by atoms with Gasteiger partial charge in [-0.3, -0.25) is 0 Å².